The smallest absolute Gasteiger partial charge is 0.410 e. The molecule has 1 aliphatic heterocycles. The van der Waals surface area contributed by atoms with E-state index in [4.69, 9.17) is 9.84 Å². The second-order valence-electron chi connectivity index (χ2n) is 4.53. The summed E-state index contributed by atoms with van der Waals surface area (Å²) in [6, 6.07) is 8.99. The molecule has 19 heavy (non-hydrogen) atoms. The third-order valence-corrected chi connectivity index (χ3v) is 3.02. The van der Waals surface area contributed by atoms with Gasteiger partial charge in [-0.2, -0.15) is 0 Å². The third-order valence-electron chi connectivity index (χ3n) is 3.02. The summed E-state index contributed by atoms with van der Waals surface area (Å²) in [6.45, 7) is -0.684. The van der Waals surface area contributed by atoms with Gasteiger partial charge < -0.3 is 14.7 Å². The van der Waals surface area contributed by atoms with Gasteiger partial charge in [-0.05, 0) is 12.0 Å². The van der Waals surface area contributed by atoms with Crippen LogP contribution >= 0.6 is 0 Å². The highest BCUT2D eigenvalue weighted by molar-refractivity contribution is 5.67. The van der Waals surface area contributed by atoms with E-state index in [1.165, 1.54) is 0 Å². The second kappa shape index (κ2) is 5.52. The van der Waals surface area contributed by atoms with E-state index >= 15 is 0 Å². The summed E-state index contributed by atoms with van der Waals surface area (Å²) in [5.74, 6) is -3.27. The van der Waals surface area contributed by atoms with Crippen LogP contribution in [0.1, 0.15) is 12.0 Å². The maximum absolute atomic E-state index is 13.3. The number of carbonyl (C=O) groups is 1. The molecule has 0 radical (unpaired) electrons. The first kappa shape index (κ1) is 13.7. The number of halogens is 2. The zero-order chi connectivity index (χ0) is 13.9. The first-order valence-corrected chi connectivity index (χ1v) is 6.00. The topological polar surface area (TPSA) is 49.8 Å². The number of rotatable bonds is 2. The van der Waals surface area contributed by atoms with Crippen molar-refractivity contribution in [1.29, 1.82) is 0 Å². The van der Waals surface area contributed by atoms with E-state index in [1.54, 1.807) is 24.3 Å². The molecule has 0 spiro atoms. The lowest BCUT2D eigenvalue weighted by Crippen LogP contribution is -2.53. The summed E-state index contributed by atoms with van der Waals surface area (Å²) >= 11 is 0. The van der Waals surface area contributed by atoms with Crippen LogP contribution in [0.5, 0.6) is 0 Å². The maximum Gasteiger partial charge on any atom is 0.410 e. The number of piperidine rings is 1. The van der Waals surface area contributed by atoms with Crippen molar-refractivity contribution in [3.8, 4) is 0 Å². The SMILES string of the molecule is O=C(OCc1ccccc1)N1CCC(O)C(F)(F)C1. The Hall–Kier alpha value is -1.69. The van der Waals surface area contributed by atoms with E-state index in [9.17, 15) is 13.6 Å². The summed E-state index contributed by atoms with van der Waals surface area (Å²) in [5, 5.41) is 9.12. The van der Waals surface area contributed by atoms with Crippen LogP contribution in [0.3, 0.4) is 0 Å². The Morgan fingerprint density at radius 1 is 1.42 bits per heavy atom. The molecular formula is C13H15F2NO3. The van der Waals surface area contributed by atoms with E-state index in [0.29, 0.717) is 0 Å². The highest BCUT2D eigenvalue weighted by Gasteiger charge is 2.45. The highest BCUT2D eigenvalue weighted by atomic mass is 19.3. The van der Waals surface area contributed by atoms with E-state index in [0.717, 1.165) is 10.5 Å². The summed E-state index contributed by atoms with van der Waals surface area (Å²) in [4.78, 5) is 12.6. The molecule has 1 aliphatic rings. The number of likely N-dealkylation sites (tertiary alicyclic amines) is 1. The molecule has 0 aliphatic carbocycles. The van der Waals surface area contributed by atoms with Crippen LogP contribution in [0.4, 0.5) is 13.6 Å². The predicted octanol–water partition coefficient (Wildman–Crippen LogP) is 2.03. The number of aliphatic hydroxyl groups is 1. The molecule has 104 valence electrons. The molecule has 1 amide bonds. The summed E-state index contributed by atoms with van der Waals surface area (Å²) in [5.41, 5.74) is 0.791. The first-order valence-electron chi connectivity index (χ1n) is 6.00. The Bertz CT molecular complexity index is 439. The van der Waals surface area contributed by atoms with E-state index in [-0.39, 0.29) is 19.6 Å². The van der Waals surface area contributed by atoms with Crippen LogP contribution in [-0.2, 0) is 11.3 Å². The van der Waals surface area contributed by atoms with Crippen molar-refractivity contribution in [2.24, 2.45) is 0 Å². The molecule has 0 bridgehead atoms. The van der Waals surface area contributed by atoms with Gasteiger partial charge in [0.15, 0.2) is 0 Å². The number of hydrogen-bond donors (Lipinski definition) is 1. The van der Waals surface area contributed by atoms with Gasteiger partial charge in [0.25, 0.3) is 5.92 Å². The van der Waals surface area contributed by atoms with Gasteiger partial charge in [0.2, 0.25) is 0 Å². The van der Waals surface area contributed by atoms with Crippen molar-refractivity contribution in [3.63, 3.8) is 0 Å². The lowest BCUT2D eigenvalue weighted by molar-refractivity contribution is -0.145. The minimum absolute atomic E-state index is 0.0459. The fraction of sp³-hybridized carbons (Fsp3) is 0.462. The van der Waals surface area contributed by atoms with Gasteiger partial charge in [-0.15, -0.1) is 0 Å². The molecule has 2 rings (SSSR count). The van der Waals surface area contributed by atoms with Crippen LogP contribution in [0, 0.1) is 0 Å². The molecule has 6 heteroatoms. The summed E-state index contributed by atoms with van der Waals surface area (Å²) in [6.07, 6.45) is -2.62. The normalized spacial score (nSPS) is 22.1. The fourth-order valence-electron chi connectivity index (χ4n) is 1.89. The number of alkyl halides is 2. The quantitative estimate of drug-likeness (QED) is 0.895. The van der Waals surface area contributed by atoms with Crippen LogP contribution in [0.2, 0.25) is 0 Å². The zero-order valence-corrected chi connectivity index (χ0v) is 10.3. The molecule has 1 aromatic carbocycles. The first-order chi connectivity index (χ1) is 8.99. The van der Waals surface area contributed by atoms with Crippen molar-refractivity contribution >= 4 is 6.09 Å². The van der Waals surface area contributed by atoms with Crippen molar-refractivity contribution < 1.29 is 23.4 Å². The van der Waals surface area contributed by atoms with Crippen molar-refractivity contribution in [3.05, 3.63) is 35.9 Å². The van der Waals surface area contributed by atoms with E-state index in [1.807, 2.05) is 6.07 Å². The molecule has 1 saturated heterocycles. The van der Waals surface area contributed by atoms with Gasteiger partial charge in [-0.25, -0.2) is 13.6 Å². The second-order valence-corrected chi connectivity index (χ2v) is 4.53. The Labute approximate surface area is 109 Å². The number of hydrogen-bond acceptors (Lipinski definition) is 3. The van der Waals surface area contributed by atoms with Crippen LogP contribution in [0.25, 0.3) is 0 Å². The predicted molar refractivity (Wildman–Crippen MR) is 63.8 cm³/mol. The molecule has 1 aromatic rings. The summed E-state index contributed by atoms with van der Waals surface area (Å²) < 4.78 is 31.5. The van der Waals surface area contributed by atoms with Gasteiger partial charge >= 0.3 is 6.09 Å². The number of ether oxygens (including phenoxy) is 1. The molecule has 1 atom stereocenters. The van der Waals surface area contributed by atoms with Gasteiger partial charge in [-0.3, -0.25) is 0 Å². The number of benzene rings is 1. The molecule has 1 unspecified atom stereocenters. The average molecular weight is 271 g/mol. The van der Waals surface area contributed by atoms with E-state index < -0.39 is 24.7 Å². The molecule has 4 nitrogen and oxygen atoms in total. The highest BCUT2D eigenvalue weighted by Crippen LogP contribution is 2.27. The number of carbonyl (C=O) groups excluding carboxylic acids is 1. The molecule has 1 heterocycles. The lowest BCUT2D eigenvalue weighted by Gasteiger charge is -2.35. The van der Waals surface area contributed by atoms with Gasteiger partial charge in [0.05, 0.1) is 6.54 Å². The third kappa shape index (κ3) is 3.41. The van der Waals surface area contributed by atoms with Crippen LogP contribution < -0.4 is 0 Å². The average Bonchev–Trinajstić information content (AvgIpc) is 2.40. The maximum atomic E-state index is 13.3. The fourth-order valence-corrected chi connectivity index (χ4v) is 1.89. The van der Waals surface area contributed by atoms with Crippen molar-refractivity contribution in [1.82, 2.24) is 4.90 Å². The van der Waals surface area contributed by atoms with Crippen LogP contribution in [-0.4, -0.2) is 41.2 Å². The number of amides is 1. The standard InChI is InChI=1S/C13H15F2NO3/c14-13(15)9-16(7-6-11(13)17)12(18)19-8-10-4-2-1-3-5-10/h1-5,11,17H,6-9H2. The van der Waals surface area contributed by atoms with Crippen molar-refractivity contribution in [2.45, 2.75) is 25.1 Å². The number of nitrogens with zero attached hydrogens (tertiary/aromatic N) is 1. The monoisotopic (exact) mass is 271 g/mol. The zero-order valence-electron chi connectivity index (χ0n) is 10.3. The molecular weight excluding hydrogens is 256 g/mol. The minimum atomic E-state index is -3.27. The van der Waals surface area contributed by atoms with Gasteiger partial charge in [0, 0.05) is 6.54 Å². The minimum Gasteiger partial charge on any atom is -0.445 e. The van der Waals surface area contributed by atoms with Gasteiger partial charge in [0.1, 0.15) is 12.7 Å². The Morgan fingerprint density at radius 3 is 2.74 bits per heavy atom. The number of aliphatic hydroxyl groups excluding tert-OH is 1. The lowest BCUT2D eigenvalue weighted by atomic mass is 10.0. The Kier molecular flexibility index (Phi) is 3.99. The Balaban J connectivity index is 1.87. The Morgan fingerprint density at radius 2 is 2.11 bits per heavy atom. The van der Waals surface area contributed by atoms with E-state index in [2.05, 4.69) is 0 Å². The molecule has 0 aromatic heterocycles. The molecule has 1 N–H and O–H groups in total. The largest absolute Gasteiger partial charge is 0.445 e. The van der Waals surface area contributed by atoms with Crippen LogP contribution in [0.15, 0.2) is 30.3 Å². The molecule has 1 fully saturated rings. The van der Waals surface area contributed by atoms with Gasteiger partial charge in [-0.1, -0.05) is 30.3 Å². The van der Waals surface area contributed by atoms with Crippen molar-refractivity contribution in [2.75, 3.05) is 13.1 Å². The molecule has 0 saturated carbocycles. The summed E-state index contributed by atoms with van der Waals surface area (Å²) in [7, 11) is 0.